The zero-order chi connectivity index (χ0) is 20.9. The van der Waals surface area contributed by atoms with Crippen LogP contribution in [-0.2, 0) is 0 Å². The Morgan fingerprint density at radius 2 is 2.07 bits per heavy atom. The highest BCUT2D eigenvalue weighted by Gasteiger charge is 2.32. The van der Waals surface area contributed by atoms with E-state index in [0.29, 0.717) is 34.6 Å². The Kier molecular flexibility index (Phi) is 7.17. The molecule has 0 aliphatic heterocycles. The van der Waals surface area contributed by atoms with Crippen molar-refractivity contribution in [2.45, 2.75) is 65.7 Å². The predicted molar refractivity (Wildman–Crippen MR) is 112 cm³/mol. The number of nitriles is 1. The summed E-state index contributed by atoms with van der Waals surface area (Å²) in [6.07, 6.45) is 10.3. The lowest BCUT2D eigenvalue weighted by atomic mass is 9.77. The van der Waals surface area contributed by atoms with Crippen LogP contribution in [0.15, 0.2) is 75.6 Å². The van der Waals surface area contributed by atoms with Gasteiger partial charge >= 0.3 is 0 Å². The van der Waals surface area contributed by atoms with Crippen molar-refractivity contribution in [2.75, 3.05) is 0 Å². The first-order valence-corrected chi connectivity index (χ1v) is 9.86. The molecule has 0 atom stereocenters. The van der Waals surface area contributed by atoms with Gasteiger partial charge in [-0.25, -0.2) is 0 Å². The number of nitrogens with zero attached hydrogens (tertiary/aromatic N) is 1. The zero-order valence-electron chi connectivity index (χ0n) is 17.3. The van der Waals surface area contributed by atoms with Crippen LogP contribution < -0.4 is 0 Å². The highest BCUT2D eigenvalue weighted by Crippen LogP contribution is 2.40. The van der Waals surface area contributed by atoms with E-state index in [-0.39, 0.29) is 5.57 Å². The Bertz CT molecular complexity index is 870. The van der Waals surface area contributed by atoms with E-state index in [1.54, 1.807) is 19.9 Å². The van der Waals surface area contributed by atoms with E-state index in [0.717, 1.165) is 23.6 Å². The van der Waals surface area contributed by atoms with Crippen LogP contribution in [0.25, 0.3) is 0 Å². The standard InChI is InChI=1S/C25H29F2N/c1-6-13-25(26,27)24-15-22(23(16-28)17(2)3)21(12-7-9-18(24)4)19(5)14-20-10-8-11-20/h6-7,13,15,20H,5,8-11,14H2,1-4H3. The van der Waals surface area contributed by atoms with Gasteiger partial charge < -0.3 is 0 Å². The average Bonchev–Trinajstić information content (AvgIpc) is 2.56. The van der Waals surface area contributed by atoms with E-state index in [9.17, 15) is 14.0 Å². The molecular weight excluding hydrogens is 352 g/mol. The van der Waals surface area contributed by atoms with E-state index in [1.165, 1.54) is 31.4 Å². The molecule has 1 saturated carbocycles. The van der Waals surface area contributed by atoms with Crippen LogP contribution >= 0.6 is 0 Å². The number of allylic oxidation sites excluding steroid dienone is 10. The highest BCUT2D eigenvalue weighted by molar-refractivity contribution is 5.64. The topological polar surface area (TPSA) is 23.8 Å². The molecule has 3 heteroatoms. The molecule has 0 radical (unpaired) electrons. The molecule has 0 bridgehead atoms. The minimum Gasteiger partial charge on any atom is -0.197 e. The lowest BCUT2D eigenvalue weighted by Crippen LogP contribution is -2.18. The largest absolute Gasteiger partial charge is 0.291 e. The van der Waals surface area contributed by atoms with E-state index < -0.39 is 5.92 Å². The number of hydrogen-bond acceptors (Lipinski definition) is 1. The molecule has 2 aliphatic carbocycles. The summed E-state index contributed by atoms with van der Waals surface area (Å²) >= 11 is 0. The maximum atomic E-state index is 14.9. The summed E-state index contributed by atoms with van der Waals surface area (Å²) in [5.74, 6) is -2.51. The summed E-state index contributed by atoms with van der Waals surface area (Å²) in [4.78, 5) is 0. The van der Waals surface area contributed by atoms with Crippen molar-refractivity contribution in [1.29, 1.82) is 5.26 Å². The van der Waals surface area contributed by atoms with Gasteiger partial charge in [0, 0.05) is 16.7 Å². The van der Waals surface area contributed by atoms with Gasteiger partial charge in [0.2, 0.25) is 0 Å². The Morgan fingerprint density at radius 3 is 2.57 bits per heavy atom. The molecule has 0 aromatic heterocycles. The van der Waals surface area contributed by atoms with E-state index in [1.807, 2.05) is 13.8 Å². The predicted octanol–water partition coefficient (Wildman–Crippen LogP) is 7.53. The fraction of sp³-hybridized carbons (Fsp3) is 0.440. The Labute approximate surface area is 167 Å². The quantitative estimate of drug-likeness (QED) is 0.265. The van der Waals surface area contributed by atoms with Crippen molar-refractivity contribution in [2.24, 2.45) is 5.92 Å². The normalized spacial score (nSPS) is 18.0. The average molecular weight is 382 g/mol. The van der Waals surface area contributed by atoms with Gasteiger partial charge in [-0.1, -0.05) is 43.1 Å². The Morgan fingerprint density at radius 1 is 1.39 bits per heavy atom. The summed E-state index contributed by atoms with van der Waals surface area (Å²) in [7, 11) is 0. The lowest BCUT2D eigenvalue weighted by Gasteiger charge is -2.27. The zero-order valence-corrected chi connectivity index (χ0v) is 17.3. The maximum Gasteiger partial charge on any atom is 0.291 e. The van der Waals surface area contributed by atoms with E-state index in [2.05, 4.69) is 18.4 Å². The van der Waals surface area contributed by atoms with Gasteiger partial charge in [-0.2, -0.15) is 14.0 Å². The van der Waals surface area contributed by atoms with Crippen LogP contribution in [0.2, 0.25) is 0 Å². The number of rotatable bonds is 6. The van der Waals surface area contributed by atoms with Crippen LogP contribution in [0.5, 0.6) is 0 Å². The number of alkyl halides is 2. The van der Waals surface area contributed by atoms with Gasteiger partial charge in [-0.05, 0) is 70.3 Å². The van der Waals surface area contributed by atoms with Gasteiger partial charge in [0.05, 0.1) is 11.6 Å². The first kappa shape index (κ1) is 21.9. The van der Waals surface area contributed by atoms with Crippen molar-refractivity contribution in [3.63, 3.8) is 0 Å². The van der Waals surface area contributed by atoms with Crippen molar-refractivity contribution >= 4 is 0 Å². The van der Waals surface area contributed by atoms with Crippen LogP contribution in [0.1, 0.15) is 59.8 Å². The molecular formula is C25H29F2N. The second-order valence-electron chi connectivity index (χ2n) is 7.89. The molecule has 148 valence electrons. The molecule has 0 saturated heterocycles. The van der Waals surface area contributed by atoms with Crippen LogP contribution in [0, 0.1) is 17.2 Å². The molecule has 1 fully saturated rings. The molecule has 0 aromatic rings. The second-order valence-corrected chi connectivity index (χ2v) is 7.89. The number of halogens is 2. The van der Waals surface area contributed by atoms with Crippen LogP contribution in [-0.4, -0.2) is 5.92 Å². The monoisotopic (exact) mass is 381 g/mol. The molecule has 2 aliphatic rings. The van der Waals surface area contributed by atoms with Gasteiger partial charge in [-0.15, -0.1) is 5.73 Å². The van der Waals surface area contributed by atoms with Crippen LogP contribution in [0.4, 0.5) is 8.78 Å². The molecule has 28 heavy (non-hydrogen) atoms. The maximum absolute atomic E-state index is 14.9. The first-order valence-electron chi connectivity index (χ1n) is 9.86. The van der Waals surface area contributed by atoms with Crippen molar-refractivity contribution < 1.29 is 8.78 Å². The minimum absolute atomic E-state index is 0.0544. The summed E-state index contributed by atoms with van der Waals surface area (Å²) < 4.78 is 29.7. The van der Waals surface area contributed by atoms with Crippen molar-refractivity contribution in [3.05, 3.63) is 75.6 Å². The Balaban J connectivity index is 2.66. The minimum atomic E-state index is -3.10. The van der Waals surface area contributed by atoms with Crippen molar-refractivity contribution in [3.8, 4) is 6.07 Å². The molecule has 0 unspecified atom stereocenters. The molecule has 0 aromatic carbocycles. The van der Waals surface area contributed by atoms with Gasteiger partial charge in [0.25, 0.3) is 5.92 Å². The smallest absolute Gasteiger partial charge is 0.197 e. The van der Waals surface area contributed by atoms with Crippen molar-refractivity contribution in [1.82, 2.24) is 0 Å². The first-order chi connectivity index (χ1) is 13.2. The third-order valence-electron chi connectivity index (χ3n) is 5.40. The Hall–Kier alpha value is -2.43. The summed E-state index contributed by atoms with van der Waals surface area (Å²) in [6.45, 7) is 11.2. The fourth-order valence-electron chi connectivity index (χ4n) is 3.59. The molecule has 2 rings (SSSR count). The molecule has 0 heterocycles. The third-order valence-corrected chi connectivity index (χ3v) is 5.40. The van der Waals surface area contributed by atoms with E-state index >= 15 is 0 Å². The van der Waals surface area contributed by atoms with Gasteiger partial charge in [0.15, 0.2) is 0 Å². The molecule has 0 spiro atoms. The highest BCUT2D eigenvalue weighted by atomic mass is 19.3. The molecule has 0 N–H and O–H groups in total. The molecule has 0 amide bonds. The van der Waals surface area contributed by atoms with E-state index in [4.69, 9.17) is 0 Å². The lowest BCUT2D eigenvalue weighted by molar-refractivity contribution is 0.0997. The fourth-order valence-corrected chi connectivity index (χ4v) is 3.59. The third kappa shape index (κ3) is 4.89. The summed E-state index contributed by atoms with van der Waals surface area (Å²) in [5, 5.41) is 9.76. The summed E-state index contributed by atoms with van der Waals surface area (Å²) in [5.41, 5.74) is 7.04. The van der Waals surface area contributed by atoms with Gasteiger partial charge in [-0.3, -0.25) is 0 Å². The molecule has 1 nitrogen and oxygen atoms in total. The SMILES string of the molecule is C=C(CC1CCC1)C1=C=CCC(C)=C(C(F)(F)C=CC)C=C1C(C#N)=C(C)C. The second kappa shape index (κ2) is 9.18. The summed E-state index contributed by atoms with van der Waals surface area (Å²) in [6, 6.07) is 2.21. The van der Waals surface area contributed by atoms with Crippen LogP contribution in [0.3, 0.4) is 0 Å². The number of hydrogen-bond donors (Lipinski definition) is 0. The van der Waals surface area contributed by atoms with Gasteiger partial charge in [0.1, 0.15) is 0 Å².